The highest BCUT2D eigenvalue weighted by Gasteiger charge is 2.29. The van der Waals surface area contributed by atoms with Gasteiger partial charge in [-0.15, -0.1) is 0 Å². The van der Waals surface area contributed by atoms with Gasteiger partial charge in [0, 0.05) is 12.1 Å². The van der Waals surface area contributed by atoms with E-state index in [1.807, 2.05) is 6.07 Å². The number of aryl methyl sites for hydroxylation is 1. The molecule has 12 heteroatoms. The Labute approximate surface area is 167 Å². The molecule has 1 aliphatic heterocycles. The molecule has 1 N–H and O–H groups in total. The van der Waals surface area contributed by atoms with E-state index in [0.717, 1.165) is 9.11 Å². The van der Waals surface area contributed by atoms with E-state index < -0.39 is 16.7 Å². The molecule has 2 aromatic rings. The summed E-state index contributed by atoms with van der Waals surface area (Å²) in [6.07, 6.45) is 0. The van der Waals surface area contributed by atoms with Gasteiger partial charge in [-0.3, -0.25) is 24.6 Å². The van der Waals surface area contributed by atoms with Gasteiger partial charge < -0.3 is 10.1 Å². The lowest BCUT2D eigenvalue weighted by atomic mass is 10.2. The summed E-state index contributed by atoms with van der Waals surface area (Å²) >= 11 is 2.56. The van der Waals surface area contributed by atoms with Crippen LogP contribution in [-0.4, -0.2) is 40.6 Å². The Morgan fingerprint density at radius 2 is 2.36 bits per heavy atom. The van der Waals surface area contributed by atoms with Gasteiger partial charge in [0.05, 0.1) is 32.3 Å². The number of benzene rings is 1. The maximum atomic E-state index is 12.4. The van der Waals surface area contributed by atoms with Crippen molar-refractivity contribution in [1.82, 2.24) is 4.98 Å². The molecule has 3 rings (SSSR count). The summed E-state index contributed by atoms with van der Waals surface area (Å²) in [5, 5.41) is 22.6. The Bertz CT molecular complexity index is 1000. The number of carbonyl (C=O) groups excluding carboxylic acids is 2. The summed E-state index contributed by atoms with van der Waals surface area (Å²) < 4.78 is 6.09. The number of nitrogens with zero attached hydrogens (tertiary/aromatic N) is 4. The standard InChI is InChI=1S/C16H13N5O5S2/c1-9-15(27-5-4-17)28-16(18-9)19-13(22)7-20-11-6-10(21(24)25)2-3-12(11)26-8-14(20)23/h2-3,6H,5,7-8H2,1H3,(H,18,19,22). The first-order valence-corrected chi connectivity index (χ1v) is 9.68. The van der Waals surface area contributed by atoms with Crippen molar-refractivity contribution >= 4 is 51.4 Å². The third-order valence-electron chi connectivity index (χ3n) is 3.67. The monoisotopic (exact) mass is 419 g/mol. The van der Waals surface area contributed by atoms with Crippen molar-refractivity contribution in [1.29, 1.82) is 5.26 Å². The van der Waals surface area contributed by atoms with Crippen LogP contribution in [0.1, 0.15) is 5.69 Å². The van der Waals surface area contributed by atoms with E-state index >= 15 is 0 Å². The molecule has 0 spiro atoms. The minimum atomic E-state index is -0.587. The highest BCUT2D eigenvalue weighted by atomic mass is 32.2. The molecule has 0 aliphatic carbocycles. The molecule has 0 bridgehead atoms. The average Bonchev–Trinajstić information content (AvgIpc) is 3.00. The lowest BCUT2D eigenvalue weighted by molar-refractivity contribution is -0.384. The molecule has 0 radical (unpaired) electrons. The number of carbonyl (C=O) groups is 2. The molecule has 2 amide bonds. The van der Waals surface area contributed by atoms with Crippen molar-refractivity contribution < 1.29 is 19.2 Å². The first-order valence-electron chi connectivity index (χ1n) is 7.87. The van der Waals surface area contributed by atoms with Gasteiger partial charge in [0.15, 0.2) is 11.7 Å². The van der Waals surface area contributed by atoms with Crippen molar-refractivity contribution in [3.63, 3.8) is 0 Å². The zero-order chi connectivity index (χ0) is 20.3. The number of nitriles is 1. The fourth-order valence-electron chi connectivity index (χ4n) is 2.45. The summed E-state index contributed by atoms with van der Waals surface area (Å²) in [7, 11) is 0. The quantitative estimate of drug-likeness (QED) is 0.428. The Morgan fingerprint density at radius 1 is 1.57 bits per heavy atom. The molecule has 0 fully saturated rings. The second kappa shape index (κ2) is 8.24. The summed E-state index contributed by atoms with van der Waals surface area (Å²) in [6, 6.07) is 5.89. The van der Waals surface area contributed by atoms with Crippen LogP contribution in [0.2, 0.25) is 0 Å². The maximum Gasteiger partial charge on any atom is 0.271 e. The van der Waals surface area contributed by atoms with E-state index in [1.165, 1.54) is 41.3 Å². The fraction of sp³-hybridized carbons (Fsp3) is 0.250. The van der Waals surface area contributed by atoms with E-state index in [4.69, 9.17) is 10.00 Å². The molecule has 1 aliphatic rings. The van der Waals surface area contributed by atoms with E-state index in [2.05, 4.69) is 10.3 Å². The fourth-order valence-corrected chi connectivity index (χ4v) is 4.26. The number of ether oxygens (including phenoxy) is 1. The SMILES string of the molecule is Cc1nc(NC(=O)CN2C(=O)COc3ccc([N+](=O)[O-])cc32)sc1SCC#N. The Morgan fingerprint density at radius 3 is 3.07 bits per heavy atom. The van der Waals surface area contributed by atoms with Gasteiger partial charge in [0.1, 0.15) is 12.3 Å². The molecule has 1 aromatic carbocycles. The highest BCUT2D eigenvalue weighted by Crippen LogP contribution is 2.35. The first kappa shape index (κ1) is 19.6. The molecule has 0 saturated carbocycles. The maximum absolute atomic E-state index is 12.4. The third-order valence-corrected chi connectivity index (χ3v) is 5.97. The minimum Gasteiger partial charge on any atom is -0.482 e. The predicted octanol–water partition coefficient (Wildman–Crippen LogP) is 2.34. The van der Waals surface area contributed by atoms with Crippen LogP contribution in [0.25, 0.3) is 0 Å². The number of thiazole rings is 1. The van der Waals surface area contributed by atoms with Gasteiger partial charge in [-0.1, -0.05) is 23.1 Å². The lowest BCUT2D eigenvalue weighted by Gasteiger charge is -2.28. The molecule has 2 heterocycles. The Balaban J connectivity index is 1.76. The molecule has 1 aromatic heterocycles. The molecule has 0 unspecified atom stereocenters. The third kappa shape index (κ3) is 4.21. The Kier molecular flexibility index (Phi) is 5.76. The first-order chi connectivity index (χ1) is 13.4. The molecular formula is C16H13N5O5S2. The van der Waals surface area contributed by atoms with E-state index in [-0.39, 0.29) is 30.3 Å². The van der Waals surface area contributed by atoms with E-state index in [1.54, 1.807) is 6.92 Å². The number of fused-ring (bicyclic) bond motifs is 1. The van der Waals surface area contributed by atoms with E-state index in [0.29, 0.717) is 16.6 Å². The number of amides is 2. The smallest absolute Gasteiger partial charge is 0.271 e. The van der Waals surface area contributed by atoms with Crippen LogP contribution in [0.5, 0.6) is 5.75 Å². The van der Waals surface area contributed by atoms with Gasteiger partial charge in [0.2, 0.25) is 5.91 Å². The topological polar surface area (TPSA) is 138 Å². The average molecular weight is 419 g/mol. The predicted molar refractivity (Wildman–Crippen MR) is 103 cm³/mol. The number of rotatable bonds is 6. The molecule has 0 atom stereocenters. The number of anilines is 2. The zero-order valence-corrected chi connectivity index (χ0v) is 16.1. The van der Waals surface area contributed by atoms with Gasteiger partial charge in [-0.25, -0.2) is 4.98 Å². The normalized spacial score (nSPS) is 12.7. The van der Waals surface area contributed by atoms with Crippen molar-refractivity contribution in [2.75, 3.05) is 29.1 Å². The summed E-state index contributed by atoms with van der Waals surface area (Å²) in [5.74, 6) is -0.422. The van der Waals surface area contributed by atoms with Crippen molar-refractivity contribution in [3.8, 4) is 11.8 Å². The number of non-ortho nitro benzene ring substituents is 1. The summed E-state index contributed by atoms with van der Waals surface area (Å²) in [4.78, 5) is 40.4. The van der Waals surface area contributed by atoms with Gasteiger partial charge >= 0.3 is 0 Å². The second-order valence-electron chi connectivity index (χ2n) is 5.56. The minimum absolute atomic E-state index is 0.168. The lowest BCUT2D eigenvalue weighted by Crippen LogP contribution is -2.43. The largest absolute Gasteiger partial charge is 0.482 e. The molecule has 144 valence electrons. The van der Waals surface area contributed by atoms with E-state index in [9.17, 15) is 19.7 Å². The number of nitro benzene ring substituents is 1. The number of nitrogens with one attached hydrogen (secondary N) is 1. The summed E-state index contributed by atoms with van der Waals surface area (Å²) in [6.45, 7) is 1.17. The van der Waals surface area contributed by atoms with Crippen LogP contribution in [0, 0.1) is 28.4 Å². The summed E-state index contributed by atoms with van der Waals surface area (Å²) in [5.41, 5.74) is 0.655. The Hall–Kier alpha value is -3.17. The van der Waals surface area contributed by atoms with Gasteiger partial charge in [0.25, 0.3) is 11.6 Å². The van der Waals surface area contributed by atoms with Crippen LogP contribution in [-0.2, 0) is 9.59 Å². The molecule has 28 heavy (non-hydrogen) atoms. The number of nitro groups is 1. The molecular weight excluding hydrogens is 406 g/mol. The van der Waals surface area contributed by atoms with Crippen LogP contribution in [0.4, 0.5) is 16.5 Å². The zero-order valence-electron chi connectivity index (χ0n) is 14.5. The highest BCUT2D eigenvalue weighted by molar-refractivity contribution is 8.01. The van der Waals surface area contributed by atoms with Crippen molar-refractivity contribution in [2.45, 2.75) is 11.1 Å². The number of hydrogen-bond donors (Lipinski definition) is 1. The second-order valence-corrected chi connectivity index (χ2v) is 7.81. The van der Waals surface area contributed by atoms with Crippen LogP contribution in [0.3, 0.4) is 0 Å². The van der Waals surface area contributed by atoms with Crippen LogP contribution >= 0.6 is 23.1 Å². The van der Waals surface area contributed by atoms with Gasteiger partial charge in [-0.05, 0) is 13.0 Å². The van der Waals surface area contributed by atoms with Crippen molar-refractivity contribution in [2.24, 2.45) is 0 Å². The number of aromatic nitrogens is 1. The van der Waals surface area contributed by atoms with Crippen molar-refractivity contribution in [3.05, 3.63) is 34.0 Å². The van der Waals surface area contributed by atoms with Gasteiger partial charge in [-0.2, -0.15) is 5.26 Å². The molecule has 0 saturated heterocycles. The number of thioether (sulfide) groups is 1. The van der Waals surface area contributed by atoms with Crippen LogP contribution in [0.15, 0.2) is 22.4 Å². The van der Waals surface area contributed by atoms with Crippen LogP contribution < -0.4 is 15.0 Å². The number of hydrogen-bond acceptors (Lipinski definition) is 9. The molecule has 10 nitrogen and oxygen atoms in total.